The zero-order chi connectivity index (χ0) is 11.8. The summed E-state index contributed by atoms with van der Waals surface area (Å²) in [5.41, 5.74) is 0. The van der Waals surface area contributed by atoms with E-state index in [1.54, 1.807) is 0 Å². The van der Waals surface area contributed by atoms with Gasteiger partial charge in [0.05, 0.1) is 0 Å². The number of rotatable bonds is 3. The first-order valence-electron chi connectivity index (χ1n) is 6.45. The van der Waals surface area contributed by atoms with Crippen LogP contribution in [0.2, 0.25) is 0 Å². The molecule has 0 saturated heterocycles. The fourth-order valence-corrected chi connectivity index (χ4v) is 2.50. The smallest absolute Gasteiger partial charge is 0.291 e. The SMILES string of the molecule is CC1CCC(NC(=O)c2n[nH]c(C3CC3)n2)C1. The normalized spacial score (nSPS) is 28.3. The first-order chi connectivity index (χ1) is 8.22. The highest BCUT2D eigenvalue weighted by atomic mass is 16.2. The summed E-state index contributed by atoms with van der Waals surface area (Å²) in [6, 6.07) is 0.306. The molecular weight excluding hydrogens is 216 g/mol. The van der Waals surface area contributed by atoms with Crippen molar-refractivity contribution >= 4 is 5.91 Å². The Kier molecular flexibility index (Phi) is 2.61. The molecule has 92 valence electrons. The number of aromatic amines is 1. The maximum atomic E-state index is 11.9. The van der Waals surface area contributed by atoms with Crippen molar-refractivity contribution in [1.29, 1.82) is 0 Å². The highest BCUT2D eigenvalue weighted by Crippen LogP contribution is 2.37. The minimum Gasteiger partial charge on any atom is -0.347 e. The summed E-state index contributed by atoms with van der Waals surface area (Å²) in [6.45, 7) is 2.23. The number of nitrogens with zero attached hydrogens (tertiary/aromatic N) is 2. The van der Waals surface area contributed by atoms with Gasteiger partial charge in [-0.15, -0.1) is 5.10 Å². The van der Waals surface area contributed by atoms with E-state index in [9.17, 15) is 4.79 Å². The van der Waals surface area contributed by atoms with Crippen molar-refractivity contribution in [3.63, 3.8) is 0 Å². The average Bonchev–Trinajstić information content (AvgIpc) is 2.88. The van der Waals surface area contributed by atoms with E-state index in [4.69, 9.17) is 0 Å². The molecule has 0 spiro atoms. The maximum absolute atomic E-state index is 11.9. The van der Waals surface area contributed by atoms with Gasteiger partial charge in [-0.25, -0.2) is 4.98 Å². The minimum absolute atomic E-state index is 0.132. The fourth-order valence-electron chi connectivity index (χ4n) is 2.50. The summed E-state index contributed by atoms with van der Waals surface area (Å²) < 4.78 is 0. The van der Waals surface area contributed by atoms with E-state index in [1.165, 1.54) is 6.42 Å². The summed E-state index contributed by atoms with van der Waals surface area (Å²) in [6.07, 6.45) is 5.68. The molecule has 1 heterocycles. The largest absolute Gasteiger partial charge is 0.347 e. The Morgan fingerprint density at radius 2 is 2.18 bits per heavy atom. The van der Waals surface area contributed by atoms with Gasteiger partial charge in [0.1, 0.15) is 5.82 Å². The van der Waals surface area contributed by atoms with Crippen LogP contribution < -0.4 is 5.32 Å². The molecule has 0 bridgehead atoms. The van der Waals surface area contributed by atoms with Crippen LogP contribution in [-0.2, 0) is 0 Å². The quantitative estimate of drug-likeness (QED) is 0.834. The Labute approximate surface area is 100 Å². The standard InChI is InChI=1S/C12H18N4O/c1-7-2-5-9(6-7)13-12(17)11-14-10(15-16-11)8-3-4-8/h7-9H,2-6H2,1H3,(H,13,17)(H,14,15,16). The zero-order valence-electron chi connectivity index (χ0n) is 10.1. The maximum Gasteiger partial charge on any atom is 0.291 e. The molecule has 2 aliphatic carbocycles. The average molecular weight is 234 g/mol. The molecule has 5 heteroatoms. The van der Waals surface area contributed by atoms with Gasteiger partial charge >= 0.3 is 0 Å². The zero-order valence-corrected chi connectivity index (χ0v) is 10.1. The predicted molar refractivity (Wildman–Crippen MR) is 62.6 cm³/mol. The first kappa shape index (κ1) is 10.7. The molecule has 2 unspecified atom stereocenters. The second-order valence-electron chi connectivity index (χ2n) is 5.41. The lowest BCUT2D eigenvalue weighted by molar-refractivity contribution is 0.0927. The number of hydrogen-bond donors (Lipinski definition) is 2. The van der Waals surface area contributed by atoms with Gasteiger partial charge in [-0.05, 0) is 38.0 Å². The molecule has 2 saturated carbocycles. The van der Waals surface area contributed by atoms with Gasteiger partial charge < -0.3 is 5.32 Å². The van der Waals surface area contributed by atoms with Gasteiger partial charge in [0, 0.05) is 12.0 Å². The second kappa shape index (κ2) is 4.13. The summed E-state index contributed by atoms with van der Waals surface area (Å²) in [4.78, 5) is 16.2. The molecule has 2 aliphatic rings. The van der Waals surface area contributed by atoms with Crippen LogP contribution in [0, 0.1) is 5.92 Å². The van der Waals surface area contributed by atoms with Gasteiger partial charge in [-0.1, -0.05) is 6.92 Å². The molecule has 2 N–H and O–H groups in total. The Hall–Kier alpha value is -1.39. The molecule has 0 radical (unpaired) electrons. The Morgan fingerprint density at radius 3 is 2.82 bits per heavy atom. The summed E-state index contributed by atoms with van der Waals surface area (Å²) >= 11 is 0. The summed E-state index contributed by atoms with van der Waals surface area (Å²) in [7, 11) is 0. The molecule has 0 aliphatic heterocycles. The number of nitrogens with one attached hydrogen (secondary N) is 2. The number of carbonyl (C=O) groups excluding carboxylic acids is 1. The highest BCUT2D eigenvalue weighted by Gasteiger charge is 2.29. The molecule has 2 atom stereocenters. The predicted octanol–water partition coefficient (Wildman–Crippen LogP) is 1.60. The summed E-state index contributed by atoms with van der Waals surface area (Å²) in [5, 5.41) is 9.86. The third-order valence-corrected chi connectivity index (χ3v) is 3.70. The van der Waals surface area contributed by atoms with E-state index in [0.717, 1.165) is 37.4 Å². The lowest BCUT2D eigenvalue weighted by Gasteiger charge is -2.10. The molecule has 0 aromatic carbocycles. The van der Waals surface area contributed by atoms with Crippen LogP contribution in [0.1, 0.15) is 61.4 Å². The van der Waals surface area contributed by atoms with Crippen molar-refractivity contribution in [3.05, 3.63) is 11.6 Å². The lowest BCUT2D eigenvalue weighted by Crippen LogP contribution is -2.33. The molecule has 1 amide bonds. The Balaban J connectivity index is 1.60. The molecular formula is C12H18N4O. The number of hydrogen-bond acceptors (Lipinski definition) is 3. The van der Waals surface area contributed by atoms with E-state index in [-0.39, 0.29) is 5.91 Å². The second-order valence-corrected chi connectivity index (χ2v) is 5.41. The van der Waals surface area contributed by atoms with Gasteiger partial charge in [-0.3, -0.25) is 9.89 Å². The Bertz CT molecular complexity index is 424. The van der Waals surface area contributed by atoms with Crippen LogP contribution in [-0.4, -0.2) is 27.1 Å². The lowest BCUT2D eigenvalue weighted by atomic mass is 10.1. The Morgan fingerprint density at radius 1 is 1.35 bits per heavy atom. The van der Waals surface area contributed by atoms with Gasteiger partial charge in [-0.2, -0.15) is 0 Å². The van der Waals surface area contributed by atoms with Crippen molar-refractivity contribution < 1.29 is 4.79 Å². The molecule has 5 nitrogen and oxygen atoms in total. The van der Waals surface area contributed by atoms with Crippen LogP contribution in [0.3, 0.4) is 0 Å². The number of aromatic nitrogens is 3. The summed E-state index contributed by atoms with van der Waals surface area (Å²) in [5.74, 6) is 2.26. The monoisotopic (exact) mass is 234 g/mol. The van der Waals surface area contributed by atoms with Gasteiger partial charge in [0.2, 0.25) is 5.82 Å². The van der Waals surface area contributed by atoms with E-state index in [1.807, 2.05) is 0 Å². The number of H-pyrrole nitrogens is 1. The number of amides is 1. The molecule has 2 fully saturated rings. The molecule has 1 aromatic heterocycles. The van der Waals surface area contributed by atoms with Gasteiger partial charge in [0.15, 0.2) is 0 Å². The minimum atomic E-state index is -0.132. The van der Waals surface area contributed by atoms with Crippen molar-refractivity contribution in [3.8, 4) is 0 Å². The van der Waals surface area contributed by atoms with Crippen molar-refractivity contribution in [2.75, 3.05) is 0 Å². The highest BCUT2D eigenvalue weighted by molar-refractivity contribution is 5.90. The molecule has 3 rings (SSSR count). The van der Waals surface area contributed by atoms with Crippen LogP contribution >= 0.6 is 0 Å². The van der Waals surface area contributed by atoms with Crippen molar-refractivity contribution in [2.24, 2.45) is 5.92 Å². The molecule has 1 aromatic rings. The van der Waals surface area contributed by atoms with E-state index in [2.05, 4.69) is 27.4 Å². The first-order valence-corrected chi connectivity index (χ1v) is 6.45. The van der Waals surface area contributed by atoms with E-state index < -0.39 is 0 Å². The van der Waals surface area contributed by atoms with Gasteiger partial charge in [0.25, 0.3) is 5.91 Å². The number of carbonyl (C=O) groups is 1. The van der Waals surface area contributed by atoms with E-state index in [0.29, 0.717) is 17.8 Å². The van der Waals surface area contributed by atoms with E-state index >= 15 is 0 Å². The fraction of sp³-hybridized carbons (Fsp3) is 0.750. The van der Waals surface area contributed by atoms with Crippen LogP contribution in [0.15, 0.2) is 0 Å². The van der Waals surface area contributed by atoms with Crippen molar-refractivity contribution in [2.45, 2.75) is 51.0 Å². The van der Waals surface area contributed by atoms with Crippen molar-refractivity contribution in [1.82, 2.24) is 20.5 Å². The van der Waals surface area contributed by atoms with Crippen LogP contribution in [0.4, 0.5) is 0 Å². The van der Waals surface area contributed by atoms with Crippen LogP contribution in [0.25, 0.3) is 0 Å². The third kappa shape index (κ3) is 2.33. The molecule has 17 heavy (non-hydrogen) atoms. The topological polar surface area (TPSA) is 70.7 Å². The third-order valence-electron chi connectivity index (χ3n) is 3.70. The van der Waals surface area contributed by atoms with Crippen LogP contribution in [0.5, 0.6) is 0 Å².